The third-order valence-corrected chi connectivity index (χ3v) is 4.86. The van der Waals surface area contributed by atoms with Gasteiger partial charge in [0.15, 0.2) is 11.8 Å². The highest BCUT2D eigenvalue weighted by atomic mass is 19.1. The first-order valence-corrected chi connectivity index (χ1v) is 8.41. The van der Waals surface area contributed by atoms with Crippen molar-refractivity contribution in [2.75, 3.05) is 18.0 Å². The zero-order valence-corrected chi connectivity index (χ0v) is 14.2. The van der Waals surface area contributed by atoms with Crippen LogP contribution in [-0.4, -0.2) is 40.7 Å². The number of anilines is 1. The van der Waals surface area contributed by atoms with Gasteiger partial charge in [0.05, 0.1) is 16.9 Å². The summed E-state index contributed by atoms with van der Waals surface area (Å²) in [6, 6.07) is 0.546. The summed E-state index contributed by atoms with van der Waals surface area (Å²) in [4.78, 5) is 29.2. The van der Waals surface area contributed by atoms with Gasteiger partial charge < -0.3 is 26.0 Å². The van der Waals surface area contributed by atoms with Gasteiger partial charge in [0, 0.05) is 25.3 Å². The SMILES string of the molecule is NC(N)=NC1CN(c2c(F)cc3c(=O)c(C(=O)O)cn(C4CC4)c3c2F)C1. The van der Waals surface area contributed by atoms with Crippen molar-refractivity contribution < 1.29 is 18.7 Å². The fraction of sp³-hybridized carbons (Fsp3) is 0.353. The molecule has 0 bridgehead atoms. The van der Waals surface area contributed by atoms with E-state index >= 15 is 4.39 Å². The predicted octanol–water partition coefficient (Wildman–Crippen LogP) is 0.775. The Morgan fingerprint density at radius 2 is 1.93 bits per heavy atom. The third kappa shape index (κ3) is 2.77. The highest BCUT2D eigenvalue weighted by Gasteiger charge is 2.34. The second-order valence-corrected chi connectivity index (χ2v) is 6.85. The lowest BCUT2D eigenvalue weighted by Gasteiger charge is -2.39. The summed E-state index contributed by atoms with van der Waals surface area (Å²) in [6.07, 6.45) is 2.62. The molecule has 2 fully saturated rings. The van der Waals surface area contributed by atoms with Gasteiger partial charge in [-0.05, 0) is 18.9 Å². The van der Waals surface area contributed by atoms with Gasteiger partial charge in [-0.25, -0.2) is 18.6 Å². The van der Waals surface area contributed by atoms with Crippen LogP contribution in [-0.2, 0) is 0 Å². The molecule has 2 aromatic rings. The molecule has 0 radical (unpaired) electrons. The van der Waals surface area contributed by atoms with E-state index in [4.69, 9.17) is 11.5 Å². The van der Waals surface area contributed by atoms with Crippen LogP contribution in [0.5, 0.6) is 0 Å². The summed E-state index contributed by atoms with van der Waals surface area (Å²) in [7, 11) is 0. The number of rotatable bonds is 4. The first-order chi connectivity index (χ1) is 12.8. The Hall–Kier alpha value is -3.17. The van der Waals surface area contributed by atoms with Gasteiger partial charge in [-0.2, -0.15) is 0 Å². The summed E-state index contributed by atoms with van der Waals surface area (Å²) in [6.45, 7) is 0.468. The molecule has 142 valence electrons. The van der Waals surface area contributed by atoms with Gasteiger partial charge in [0.1, 0.15) is 17.1 Å². The number of halogens is 2. The number of aliphatic imine (C=N–C) groups is 1. The number of carboxylic acid groups (broad SMARTS) is 1. The second kappa shape index (κ2) is 5.93. The minimum atomic E-state index is -1.43. The molecule has 5 N–H and O–H groups in total. The van der Waals surface area contributed by atoms with Crippen molar-refractivity contribution in [3.8, 4) is 0 Å². The van der Waals surface area contributed by atoms with E-state index in [1.807, 2.05) is 0 Å². The van der Waals surface area contributed by atoms with Gasteiger partial charge in [0.2, 0.25) is 5.43 Å². The molecule has 1 aliphatic heterocycles. The molecule has 27 heavy (non-hydrogen) atoms. The molecule has 0 atom stereocenters. The predicted molar refractivity (Wildman–Crippen MR) is 95.2 cm³/mol. The Balaban J connectivity index is 1.88. The van der Waals surface area contributed by atoms with Crippen molar-refractivity contribution >= 4 is 28.5 Å². The number of aromatic carboxylic acids is 1. The minimum Gasteiger partial charge on any atom is -0.477 e. The summed E-state index contributed by atoms with van der Waals surface area (Å²) in [5, 5.41) is 8.96. The van der Waals surface area contributed by atoms with Gasteiger partial charge in [-0.3, -0.25) is 4.79 Å². The van der Waals surface area contributed by atoms with Gasteiger partial charge in [-0.1, -0.05) is 0 Å². The quantitative estimate of drug-likeness (QED) is 0.534. The van der Waals surface area contributed by atoms with Crippen LogP contribution in [0, 0.1) is 11.6 Å². The summed E-state index contributed by atoms with van der Waals surface area (Å²) >= 11 is 0. The number of carbonyl (C=O) groups is 1. The van der Waals surface area contributed by atoms with E-state index in [1.54, 1.807) is 0 Å². The zero-order valence-electron chi connectivity index (χ0n) is 14.2. The Morgan fingerprint density at radius 1 is 1.26 bits per heavy atom. The number of aromatic nitrogens is 1. The molecule has 1 aromatic heterocycles. The van der Waals surface area contributed by atoms with Crippen molar-refractivity contribution in [3.05, 3.63) is 39.7 Å². The Morgan fingerprint density at radius 3 is 2.48 bits per heavy atom. The minimum absolute atomic E-state index is 0.0748. The number of hydrogen-bond donors (Lipinski definition) is 3. The van der Waals surface area contributed by atoms with Gasteiger partial charge in [-0.15, -0.1) is 0 Å². The van der Waals surface area contributed by atoms with E-state index < -0.39 is 28.6 Å². The maximum atomic E-state index is 15.3. The Kier molecular flexibility index (Phi) is 3.79. The van der Waals surface area contributed by atoms with Crippen LogP contribution in [0.2, 0.25) is 0 Å². The smallest absolute Gasteiger partial charge is 0.341 e. The molecule has 1 saturated carbocycles. The van der Waals surface area contributed by atoms with Crippen molar-refractivity contribution in [1.82, 2.24) is 4.57 Å². The fourth-order valence-electron chi connectivity index (χ4n) is 3.44. The molecule has 0 amide bonds. The number of carboxylic acids is 1. The highest BCUT2D eigenvalue weighted by molar-refractivity contribution is 5.94. The normalized spacial score (nSPS) is 17.0. The molecule has 2 aliphatic rings. The zero-order chi connectivity index (χ0) is 19.5. The van der Waals surface area contributed by atoms with Crippen LogP contribution < -0.4 is 21.8 Å². The summed E-state index contributed by atoms with van der Waals surface area (Å²) in [5.74, 6) is -3.33. The van der Waals surface area contributed by atoms with E-state index in [0.29, 0.717) is 0 Å². The largest absolute Gasteiger partial charge is 0.477 e. The van der Waals surface area contributed by atoms with Crippen molar-refractivity contribution in [2.24, 2.45) is 16.5 Å². The number of benzene rings is 1. The molecule has 8 nitrogen and oxygen atoms in total. The molecule has 0 spiro atoms. The van der Waals surface area contributed by atoms with E-state index in [1.165, 1.54) is 9.47 Å². The summed E-state index contributed by atoms with van der Waals surface area (Å²) in [5.41, 5.74) is 8.88. The fourth-order valence-corrected chi connectivity index (χ4v) is 3.44. The van der Waals surface area contributed by atoms with E-state index in [9.17, 15) is 19.1 Å². The molecule has 0 unspecified atom stereocenters. The maximum absolute atomic E-state index is 15.3. The van der Waals surface area contributed by atoms with E-state index in [-0.39, 0.29) is 47.7 Å². The van der Waals surface area contributed by atoms with Crippen LogP contribution in [0.3, 0.4) is 0 Å². The average molecular weight is 377 g/mol. The molecule has 2 heterocycles. The first kappa shape index (κ1) is 17.3. The van der Waals surface area contributed by atoms with E-state index in [2.05, 4.69) is 4.99 Å². The Labute approximate surface area is 151 Å². The van der Waals surface area contributed by atoms with Crippen molar-refractivity contribution in [3.63, 3.8) is 0 Å². The topological polar surface area (TPSA) is 127 Å². The number of pyridine rings is 1. The van der Waals surface area contributed by atoms with Gasteiger partial charge in [0.25, 0.3) is 0 Å². The molecule has 1 aromatic carbocycles. The molecule has 1 saturated heterocycles. The number of nitrogens with two attached hydrogens (primary N) is 2. The standard InChI is InChI=1S/C17H17F2N5O3/c18-11-3-9-13(12(19)14(11)23-4-7(5-23)22-17(20)21)24(8-1-2-8)6-10(15(9)25)16(26)27/h3,6-8H,1-2,4-5H2,(H,26,27)(H4,20,21,22). The molecule has 10 heteroatoms. The first-order valence-electron chi connectivity index (χ1n) is 8.41. The molecule has 1 aliphatic carbocycles. The van der Waals surface area contributed by atoms with Gasteiger partial charge >= 0.3 is 5.97 Å². The van der Waals surface area contributed by atoms with Crippen LogP contribution >= 0.6 is 0 Å². The van der Waals surface area contributed by atoms with Crippen LogP contribution in [0.1, 0.15) is 29.2 Å². The third-order valence-electron chi connectivity index (χ3n) is 4.86. The number of guanidine groups is 1. The van der Waals surface area contributed by atoms with Crippen LogP contribution in [0.25, 0.3) is 10.9 Å². The van der Waals surface area contributed by atoms with Crippen molar-refractivity contribution in [1.29, 1.82) is 0 Å². The number of fused-ring (bicyclic) bond motifs is 1. The van der Waals surface area contributed by atoms with E-state index in [0.717, 1.165) is 25.1 Å². The number of hydrogen-bond acceptors (Lipinski definition) is 4. The molecule has 4 rings (SSSR count). The van der Waals surface area contributed by atoms with Crippen molar-refractivity contribution in [2.45, 2.75) is 24.9 Å². The lowest BCUT2D eigenvalue weighted by Crippen LogP contribution is -2.52. The second-order valence-electron chi connectivity index (χ2n) is 6.85. The number of nitrogens with zero attached hydrogens (tertiary/aromatic N) is 3. The molecular formula is C17H17F2N5O3. The summed E-state index contributed by atoms with van der Waals surface area (Å²) < 4.78 is 31.4. The monoisotopic (exact) mass is 377 g/mol. The Bertz CT molecular complexity index is 1050. The maximum Gasteiger partial charge on any atom is 0.341 e. The lowest BCUT2D eigenvalue weighted by atomic mass is 10.0. The lowest BCUT2D eigenvalue weighted by molar-refractivity contribution is 0.0695. The highest BCUT2D eigenvalue weighted by Crippen LogP contribution is 2.40. The van der Waals surface area contributed by atoms with Crippen LogP contribution in [0.4, 0.5) is 14.5 Å². The average Bonchev–Trinajstić information content (AvgIpc) is 3.37. The molecular weight excluding hydrogens is 360 g/mol. The van der Waals surface area contributed by atoms with Crippen LogP contribution in [0.15, 0.2) is 22.1 Å².